The number of carboxylic acid groups (broad SMARTS) is 4. The zero-order valence-corrected chi connectivity index (χ0v) is 68.6. The first-order valence-electron chi connectivity index (χ1n) is 43.5. The number of carboxylic acids is 4. The van der Waals surface area contributed by atoms with Gasteiger partial charge in [-0.3, -0.25) is 19.2 Å². The second kappa shape index (κ2) is 76.9. The van der Waals surface area contributed by atoms with Crippen LogP contribution < -0.4 is 0 Å². The number of phenolic OH excluding ortho intramolecular Hbond substituents is 4. The van der Waals surface area contributed by atoms with Gasteiger partial charge in [0.1, 0.15) is 23.0 Å². The molecule has 0 bridgehead atoms. The number of carbonyl (C=O) groups is 4. The van der Waals surface area contributed by atoms with Crippen LogP contribution >= 0.6 is 0 Å². The molecule has 8 N–H and O–H groups in total. The van der Waals surface area contributed by atoms with Crippen molar-refractivity contribution >= 4 is 23.9 Å². The molecule has 0 amide bonds. The second-order valence-corrected chi connectivity index (χ2v) is 30.0. The molecule has 612 valence electrons. The Bertz CT molecular complexity index is 2720. The maximum absolute atomic E-state index is 10.6. The molecule has 0 aromatic heterocycles. The minimum atomic E-state index is -0.697. The summed E-state index contributed by atoms with van der Waals surface area (Å²) in [4.78, 5) is 41.8. The maximum atomic E-state index is 10.6. The summed E-state index contributed by atoms with van der Waals surface area (Å²) in [5.74, 6) is 0.160. The van der Waals surface area contributed by atoms with Crippen molar-refractivity contribution in [2.45, 2.75) is 399 Å². The molecule has 0 fully saturated rings. The largest absolute Gasteiger partial charge is 0.508 e. The summed E-state index contributed by atoms with van der Waals surface area (Å²) in [6.45, 7) is 8.99. The zero-order chi connectivity index (χ0) is 79.2. The molecule has 0 saturated heterocycles. The van der Waals surface area contributed by atoms with E-state index in [4.69, 9.17) is 25.5 Å². The molecule has 0 aliphatic rings. The van der Waals surface area contributed by atoms with Crippen LogP contribution in [0.25, 0.3) is 0 Å². The molecule has 4 aromatic carbocycles. The van der Waals surface area contributed by atoms with Gasteiger partial charge in [-0.15, -0.1) is 0 Å². The zero-order valence-electron chi connectivity index (χ0n) is 68.6. The van der Waals surface area contributed by atoms with Crippen molar-refractivity contribution in [3.63, 3.8) is 0 Å². The van der Waals surface area contributed by atoms with Crippen molar-refractivity contribution in [1.29, 1.82) is 0 Å². The first-order valence-corrected chi connectivity index (χ1v) is 43.5. The van der Waals surface area contributed by atoms with Crippen LogP contribution in [0.5, 0.6) is 23.0 Å². The SMILES string of the molecule is CCCCCC(CCC(CCCCCCCCC(=O)O)c1ccc(O)cc1)c1ccc(O)cc1.CCCCCC=CCC=CCCCCCCCC(=O)O.CCCCCCCCC(CCCCCCCCC(=O)O)c1ccc(O)cc1.CCCCCCCCC=CCCCCCCCC(=O)O.Oc1ccccc1. The molecule has 4 rings (SSSR count). The first-order chi connectivity index (χ1) is 52.6. The number of aromatic hydroxyl groups is 4. The van der Waals surface area contributed by atoms with E-state index in [2.05, 4.69) is 101 Å². The van der Waals surface area contributed by atoms with E-state index < -0.39 is 23.9 Å². The number of hydrogen-bond donors (Lipinski definition) is 8. The van der Waals surface area contributed by atoms with Crippen molar-refractivity contribution in [2.75, 3.05) is 0 Å². The number of hydrogen-bond acceptors (Lipinski definition) is 8. The molecule has 12 nitrogen and oxygen atoms in total. The molecular formula is C96H156O12. The van der Waals surface area contributed by atoms with E-state index in [1.54, 1.807) is 48.5 Å². The van der Waals surface area contributed by atoms with Gasteiger partial charge < -0.3 is 40.9 Å². The molecular weight excluding hydrogens is 1350 g/mol. The van der Waals surface area contributed by atoms with Crippen LogP contribution in [0, 0.1) is 0 Å². The Hall–Kier alpha value is -6.82. The molecule has 0 spiro atoms. The number of rotatable bonds is 64. The maximum Gasteiger partial charge on any atom is 0.303 e. The van der Waals surface area contributed by atoms with Crippen LogP contribution in [0.1, 0.15) is 415 Å². The number of para-hydroxylation sites is 1. The molecule has 3 atom stereocenters. The third-order valence-corrected chi connectivity index (χ3v) is 20.2. The van der Waals surface area contributed by atoms with E-state index in [0.29, 0.717) is 60.0 Å². The molecule has 4 aromatic rings. The predicted molar refractivity (Wildman–Crippen MR) is 455 cm³/mol. The number of allylic oxidation sites excluding steroid dienone is 6. The summed E-state index contributed by atoms with van der Waals surface area (Å²) in [7, 11) is 0. The quantitative estimate of drug-likeness (QED) is 0.0152. The van der Waals surface area contributed by atoms with Crippen molar-refractivity contribution in [3.05, 3.63) is 156 Å². The number of phenols is 4. The molecule has 108 heavy (non-hydrogen) atoms. The molecule has 0 heterocycles. The fourth-order valence-corrected chi connectivity index (χ4v) is 13.5. The number of benzene rings is 4. The predicted octanol–water partition coefficient (Wildman–Crippen LogP) is 29.3. The van der Waals surface area contributed by atoms with Gasteiger partial charge in [0.05, 0.1) is 0 Å². The number of aliphatic carboxylic acids is 4. The van der Waals surface area contributed by atoms with Crippen LogP contribution in [0.15, 0.2) is 140 Å². The Morgan fingerprint density at radius 2 is 0.444 bits per heavy atom. The minimum absolute atomic E-state index is 0.281. The average molecular weight is 1500 g/mol. The van der Waals surface area contributed by atoms with E-state index in [1.165, 1.54) is 241 Å². The lowest BCUT2D eigenvalue weighted by molar-refractivity contribution is -0.138. The van der Waals surface area contributed by atoms with Crippen LogP contribution in [0.4, 0.5) is 0 Å². The summed E-state index contributed by atoms with van der Waals surface area (Å²) in [6, 6.07) is 32.0. The lowest BCUT2D eigenvalue weighted by atomic mass is 9.82. The van der Waals surface area contributed by atoms with Crippen molar-refractivity contribution < 1.29 is 60.0 Å². The second-order valence-electron chi connectivity index (χ2n) is 30.0. The Balaban J connectivity index is 0.00000140. The third-order valence-electron chi connectivity index (χ3n) is 20.2. The lowest BCUT2D eigenvalue weighted by Gasteiger charge is -2.23. The van der Waals surface area contributed by atoms with E-state index >= 15 is 0 Å². The summed E-state index contributed by atoms with van der Waals surface area (Å²) in [6.07, 6.45) is 75.9. The van der Waals surface area contributed by atoms with Gasteiger partial charge in [0.15, 0.2) is 0 Å². The van der Waals surface area contributed by atoms with Gasteiger partial charge in [-0.1, -0.05) is 324 Å². The summed E-state index contributed by atoms with van der Waals surface area (Å²) in [5.41, 5.74) is 3.99. The van der Waals surface area contributed by atoms with Gasteiger partial charge in [-0.25, -0.2) is 0 Å². The van der Waals surface area contributed by atoms with Crippen LogP contribution in [0.2, 0.25) is 0 Å². The molecule has 0 aliphatic heterocycles. The van der Waals surface area contributed by atoms with Gasteiger partial charge in [-0.2, -0.15) is 0 Å². The Morgan fingerprint density at radius 1 is 0.241 bits per heavy atom. The van der Waals surface area contributed by atoms with Crippen LogP contribution in [-0.4, -0.2) is 64.7 Å². The molecule has 12 heteroatoms. The average Bonchev–Trinajstić information content (AvgIpc) is 0.868. The summed E-state index contributed by atoms with van der Waals surface area (Å²) < 4.78 is 0. The molecule has 0 aliphatic carbocycles. The van der Waals surface area contributed by atoms with Crippen molar-refractivity contribution in [2.24, 2.45) is 0 Å². The summed E-state index contributed by atoms with van der Waals surface area (Å²) in [5, 5.41) is 72.0. The third kappa shape index (κ3) is 69.6. The Kier molecular flexibility index (Phi) is 72.1. The van der Waals surface area contributed by atoms with Crippen molar-refractivity contribution in [1.82, 2.24) is 0 Å². The standard InChI is InChI=1S/C30H44O4.C24H40O3.C18H34O2.C18H32O2.C6H6O/c1-2-3-8-11-24(26-16-20-28(31)21-17-26)14-15-25(27-18-22-29(32)23-19-27)12-9-6-4-5-7-10-13-30(33)34;1-2-3-4-5-8-11-14-21(22-17-19-23(25)20-18-22)15-12-9-6-7-10-13-16-24(26)27;2*1-2-3-4-5-6-7-8-9-10-11-12-13-14-15-16-17-18(19)20;7-6-4-2-1-3-5-6/h16-25,31-32H,2-15H2,1H3,(H,33,34);17-21,25H,2-16H2,1H3,(H,26,27);9-10H,2-8,11-17H2,1H3,(H,19,20);6-7,9-10H,2-5,8,11-17H2,1H3,(H,19,20);1-5,7H. The van der Waals surface area contributed by atoms with Gasteiger partial charge in [0.25, 0.3) is 0 Å². The first kappa shape index (κ1) is 101. The fourth-order valence-electron chi connectivity index (χ4n) is 13.5. The highest BCUT2D eigenvalue weighted by Crippen LogP contribution is 2.36. The Labute approximate surface area is 658 Å². The van der Waals surface area contributed by atoms with Crippen molar-refractivity contribution in [3.8, 4) is 23.0 Å². The monoisotopic (exact) mass is 1500 g/mol. The van der Waals surface area contributed by atoms with Crippen LogP contribution in [0.3, 0.4) is 0 Å². The van der Waals surface area contributed by atoms with E-state index in [0.717, 1.165) is 103 Å². The van der Waals surface area contributed by atoms with Gasteiger partial charge in [0, 0.05) is 25.7 Å². The number of unbranched alkanes of at least 4 members (excludes halogenated alkanes) is 36. The molecule has 3 unspecified atom stereocenters. The topological polar surface area (TPSA) is 230 Å². The fraction of sp³-hybridized carbons (Fsp3) is 0.646. The lowest BCUT2D eigenvalue weighted by Crippen LogP contribution is -2.05. The minimum Gasteiger partial charge on any atom is -0.508 e. The normalized spacial score (nSPS) is 11.9. The van der Waals surface area contributed by atoms with Gasteiger partial charge in [-0.05, 0) is 205 Å². The Morgan fingerprint density at radius 3 is 0.713 bits per heavy atom. The highest BCUT2D eigenvalue weighted by Gasteiger charge is 2.18. The van der Waals surface area contributed by atoms with E-state index in [-0.39, 0.29) is 6.42 Å². The van der Waals surface area contributed by atoms with Gasteiger partial charge in [0.2, 0.25) is 0 Å². The molecule has 0 saturated carbocycles. The van der Waals surface area contributed by atoms with Gasteiger partial charge >= 0.3 is 23.9 Å². The highest BCUT2D eigenvalue weighted by molar-refractivity contribution is 5.67. The van der Waals surface area contributed by atoms with E-state index in [1.807, 2.05) is 18.2 Å². The molecule has 0 radical (unpaired) electrons. The van der Waals surface area contributed by atoms with Crippen LogP contribution in [-0.2, 0) is 19.2 Å². The van der Waals surface area contributed by atoms with E-state index in [9.17, 15) is 34.5 Å². The smallest absolute Gasteiger partial charge is 0.303 e. The summed E-state index contributed by atoms with van der Waals surface area (Å²) >= 11 is 0. The highest BCUT2D eigenvalue weighted by atomic mass is 16.4.